The van der Waals surface area contributed by atoms with Crippen molar-refractivity contribution in [2.45, 2.75) is 25.9 Å². The van der Waals surface area contributed by atoms with Crippen LogP contribution < -0.4 is 0 Å². The van der Waals surface area contributed by atoms with Gasteiger partial charge in [0.15, 0.2) is 0 Å². The van der Waals surface area contributed by atoms with Gasteiger partial charge in [0.25, 0.3) is 0 Å². The van der Waals surface area contributed by atoms with Gasteiger partial charge >= 0.3 is 0 Å². The van der Waals surface area contributed by atoms with Crippen molar-refractivity contribution in [3.63, 3.8) is 0 Å². The van der Waals surface area contributed by atoms with E-state index in [4.69, 9.17) is 9.15 Å². The lowest BCUT2D eigenvalue weighted by Crippen LogP contribution is -2.37. The fourth-order valence-electron chi connectivity index (χ4n) is 3.15. The van der Waals surface area contributed by atoms with Crippen LogP contribution in [-0.4, -0.2) is 30.5 Å². The second-order valence-corrected chi connectivity index (χ2v) is 6.59. The zero-order valence-corrected chi connectivity index (χ0v) is 14.8. The number of benzene rings is 1. The van der Waals surface area contributed by atoms with E-state index in [1.54, 1.807) is 30.5 Å². The van der Waals surface area contributed by atoms with Crippen LogP contribution in [0.5, 0.6) is 0 Å². The summed E-state index contributed by atoms with van der Waals surface area (Å²) in [6.07, 6.45) is 7.81. The molecule has 0 aliphatic carbocycles. The van der Waals surface area contributed by atoms with Crippen LogP contribution in [-0.2, 0) is 16.1 Å². The van der Waals surface area contributed by atoms with Crippen molar-refractivity contribution in [2.75, 3.05) is 19.7 Å². The molecule has 2 aromatic rings. The molecule has 1 aromatic carbocycles. The third kappa shape index (κ3) is 5.56. The smallest absolute Gasteiger partial charge is 0.246 e. The van der Waals surface area contributed by atoms with E-state index in [2.05, 4.69) is 0 Å². The largest absolute Gasteiger partial charge is 0.465 e. The number of hydrogen-bond donors (Lipinski definition) is 0. The number of piperidine rings is 1. The number of carbonyl (C=O) groups excluding carboxylic acids is 1. The zero-order valence-electron chi connectivity index (χ0n) is 14.8. The third-order valence-corrected chi connectivity index (χ3v) is 4.69. The fraction of sp³-hybridized carbons (Fsp3) is 0.381. The van der Waals surface area contributed by atoms with Crippen LogP contribution in [0.4, 0.5) is 4.39 Å². The normalized spacial score (nSPS) is 15.7. The van der Waals surface area contributed by atoms with Crippen molar-refractivity contribution in [1.82, 2.24) is 4.90 Å². The number of nitrogens with zero attached hydrogens (tertiary/aromatic N) is 1. The molecule has 4 nitrogen and oxygen atoms in total. The number of rotatable bonds is 7. The average molecular weight is 357 g/mol. The topological polar surface area (TPSA) is 42.7 Å². The maximum Gasteiger partial charge on any atom is 0.246 e. The minimum absolute atomic E-state index is 0.0298. The molecule has 1 fully saturated rings. The summed E-state index contributed by atoms with van der Waals surface area (Å²) in [4.78, 5) is 14.1. The summed E-state index contributed by atoms with van der Waals surface area (Å²) in [6, 6.07) is 10.1. The van der Waals surface area contributed by atoms with Crippen molar-refractivity contribution in [3.05, 3.63) is 65.9 Å². The Bertz CT molecular complexity index is 719. The Morgan fingerprint density at radius 1 is 1.27 bits per heavy atom. The van der Waals surface area contributed by atoms with E-state index in [1.165, 1.54) is 12.1 Å². The number of carbonyl (C=O) groups is 1. The first-order valence-electron chi connectivity index (χ1n) is 9.03. The highest BCUT2D eigenvalue weighted by atomic mass is 19.1. The molecule has 2 heterocycles. The summed E-state index contributed by atoms with van der Waals surface area (Å²) in [5.41, 5.74) is 0.855. The van der Waals surface area contributed by atoms with Gasteiger partial charge in [-0.15, -0.1) is 0 Å². The predicted molar refractivity (Wildman–Crippen MR) is 97.7 cm³/mol. The minimum Gasteiger partial charge on any atom is -0.465 e. The van der Waals surface area contributed by atoms with E-state index in [0.29, 0.717) is 24.9 Å². The molecule has 5 heteroatoms. The number of ether oxygens (including phenoxy) is 1. The molecule has 1 aliphatic rings. The van der Waals surface area contributed by atoms with Crippen LogP contribution >= 0.6 is 0 Å². The SMILES string of the molecule is O=C(C=Cc1ccco1)N1CCC(CCOCc2cccc(F)c2)CC1. The van der Waals surface area contributed by atoms with Gasteiger partial charge in [0.05, 0.1) is 12.9 Å². The molecule has 0 radical (unpaired) electrons. The summed E-state index contributed by atoms with van der Waals surface area (Å²) in [5.74, 6) is 1.05. The Labute approximate surface area is 153 Å². The summed E-state index contributed by atoms with van der Waals surface area (Å²) < 4.78 is 24.0. The lowest BCUT2D eigenvalue weighted by Gasteiger charge is -2.31. The van der Waals surface area contributed by atoms with Gasteiger partial charge in [-0.2, -0.15) is 0 Å². The molecule has 0 unspecified atom stereocenters. The van der Waals surface area contributed by atoms with E-state index in [-0.39, 0.29) is 11.7 Å². The number of furan rings is 1. The highest BCUT2D eigenvalue weighted by Gasteiger charge is 2.21. The highest BCUT2D eigenvalue weighted by Crippen LogP contribution is 2.21. The molecule has 138 valence electrons. The molecule has 1 aromatic heterocycles. The summed E-state index contributed by atoms with van der Waals surface area (Å²) in [5, 5.41) is 0. The van der Waals surface area contributed by atoms with Gasteiger partial charge in [-0.1, -0.05) is 12.1 Å². The van der Waals surface area contributed by atoms with Gasteiger partial charge in [-0.25, -0.2) is 4.39 Å². The summed E-state index contributed by atoms with van der Waals surface area (Å²) >= 11 is 0. The first kappa shape index (κ1) is 18.4. The lowest BCUT2D eigenvalue weighted by atomic mass is 9.94. The van der Waals surface area contributed by atoms with Gasteiger partial charge in [0.1, 0.15) is 11.6 Å². The molecule has 1 amide bonds. The molecule has 1 saturated heterocycles. The highest BCUT2D eigenvalue weighted by molar-refractivity contribution is 5.91. The molecule has 26 heavy (non-hydrogen) atoms. The first-order valence-corrected chi connectivity index (χ1v) is 9.03. The molecule has 0 N–H and O–H groups in total. The van der Waals surface area contributed by atoms with Crippen LogP contribution in [0.15, 0.2) is 53.2 Å². The Morgan fingerprint density at radius 3 is 2.85 bits per heavy atom. The maximum absolute atomic E-state index is 13.1. The lowest BCUT2D eigenvalue weighted by molar-refractivity contribution is -0.127. The summed E-state index contributed by atoms with van der Waals surface area (Å²) in [7, 11) is 0. The van der Waals surface area contributed by atoms with E-state index in [1.807, 2.05) is 17.0 Å². The van der Waals surface area contributed by atoms with E-state index in [9.17, 15) is 9.18 Å². The van der Waals surface area contributed by atoms with E-state index < -0.39 is 0 Å². The van der Waals surface area contributed by atoms with Crippen LogP contribution in [0.3, 0.4) is 0 Å². The van der Waals surface area contributed by atoms with Crippen LogP contribution in [0.1, 0.15) is 30.6 Å². The molecule has 0 bridgehead atoms. The summed E-state index contributed by atoms with van der Waals surface area (Å²) in [6.45, 7) is 2.64. The molecule has 0 saturated carbocycles. The van der Waals surface area contributed by atoms with Crippen molar-refractivity contribution in [2.24, 2.45) is 5.92 Å². The van der Waals surface area contributed by atoms with Crippen molar-refractivity contribution in [1.29, 1.82) is 0 Å². The van der Waals surface area contributed by atoms with Gasteiger partial charge in [0, 0.05) is 25.8 Å². The monoisotopic (exact) mass is 357 g/mol. The van der Waals surface area contributed by atoms with Gasteiger partial charge in [0.2, 0.25) is 5.91 Å². The standard InChI is InChI=1S/C21H24FNO3/c22-19-4-1-3-18(15-19)16-25-14-10-17-8-11-23(12-9-17)21(24)7-6-20-5-2-13-26-20/h1-7,13,15,17H,8-12,14,16H2. The zero-order chi connectivity index (χ0) is 18.2. The Morgan fingerprint density at radius 2 is 2.12 bits per heavy atom. The quantitative estimate of drug-likeness (QED) is 0.549. The van der Waals surface area contributed by atoms with Crippen LogP contribution in [0.25, 0.3) is 6.08 Å². The Balaban J connectivity index is 1.33. The predicted octanol–water partition coefficient (Wildman–Crippen LogP) is 4.28. The molecule has 0 atom stereocenters. The Hall–Kier alpha value is -2.40. The maximum atomic E-state index is 13.1. The van der Waals surface area contributed by atoms with Crippen LogP contribution in [0.2, 0.25) is 0 Å². The Kier molecular flexibility index (Phi) is 6.61. The van der Waals surface area contributed by atoms with Crippen LogP contribution in [0, 0.1) is 11.7 Å². The molecular formula is C21H24FNO3. The number of amides is 1. The molecule has 0 spiro atoms. The number of hydrogen-bond acceptors (Lipinski definition) is 3. The van der Waals surface area contributed by atoms with Crippen molar-refractivity contribution >= 4 is 12.0 Å². The fourth-order valence-corrected chi connectivity index (χ4v) is 3.15. The number of halogens is 1. The van der Waals surface area contributed by atoms with Crippen molar-refractivity contribution in [3.8, 4) is 0 Å². The molecular weight excluding hydrogens is 333 g/mol. The first-order chi connectivity index (χ1) is 12.7. The van der Waals surface area contributed by atoms with E-state index >= 15 is 0 Å². The number of likely N-dealkylation sites (tertiary alicyclic amines) is 1. The third-order valence-electron chi connectivity index (χ3n) is 4.69. The molecule has 3 rings (SSSR count). The van der Waals surface area contributed by atoms with E-state index in [0.717, 1.165) is 37.9 Å². The van der Waals surface area contributed by atoms with Gasteiger partial charge < -0.3 is 14.1 Å². The van der Waals surface area contributed by atoms with Crippen molar-refractivity contribution < 1.29 is 18.3 Å². The molecule has 1 aliphatic heterocycles. The minimum atomic E-state index is -0.232. The van der Waals surface area contributed by atoms with Gasteiger partial charge in [-0.3, -0.25) is 4.79 Å². The van der Waals surface area contributed by atoms with Gasteiger partial charge in [-0.05, 0) is 61.1 Å². The average Bonchev–Trinajstić information content (AvgIpc) is 3.17. The second kappa shape index (κ2) is 9.34. The second-order valence-electron chi connectivity index (χ2n) is 6.59.